The Morgan fingerprint density at radius 2 is 1.48 bits per heavy atom. The highest BCUT2D eigenvalue weighted by Gasteiger charge is 2.26. The molecule has 112 valence electrons. The van der Waals surface area contributed by atoms with E-state index in [1.54, 1.807) is 18.3 Å². The average molecular weight is 300 g/mol. The van der Waals surface area contributed by atoms with Crippen molar-refractivity contribution in [2.24, 2.45) is 0 Å². The minimum atomic E-state index is -2.10. The smallest absolute Gasteiger partial charge is 0.0704 e. The Labute approximate surface area is 141 Å². The molecule has 0 N–H and O–H groups in total. The van der Waals surface area contributed by atoms with Crippen LogP contribution in [0, 0.1) is 6.85 Å². The molecule has 2 aliphatic rings. The first-order valence-corrected chi connectivity index (χ1v) is 8.24. The van der Waals surface area contributed by atoms with Gasteiger partial charge in [0.1, 0.15) is 0 Å². The minimum Gasteiger partial charge on any atom is -0.256 e. The highest BCUT2D eigenvalue weighted by atomic mass is 14.7. The fourth-order valence-electron chi connectivity index (χ4n) is 4.15. The van der Waals surface area contributed by atoms with Gasteiger partial charge in [0, 0.05) is 15.9 Å². The summed E-state index contributed by atoms with van der Waals surface area (Å²) in [6, 6.07) is 14.4. The third-order valence-electron chi connectivity index (χ3n) is 5.17. The van der Waals surface area contributed by atoms with E-state index >= 15 is 0 Å². The summed E-state index contributed by atoms with van der Waals surface area (Å²) in [6.07, 6.45) is 5.82. The summed E-state index contributed by atoms with van der Waals surface area (Å²) in [5.41, 5.74) is 10.7. The topological polar surface area (TPSA) is 12.9 Å². The zero-order valence-electron chi connectivity index (χ0n) is 15.9. The van der Waals surface area contributed by atoms with Gasteiger partial charge >= 0.3 is 0 Å². The van der Waals surface area contributed by atoms with Gasteiger partial charge in [-0.1, -0.05) is 18.2 Å². The van der Waals surface area contributed by atoms with Gasteiger partial charge in [-0.3, -0.25) is 4.98 Å². The highest BCUT2D eigenvalue weighted by Crippen LogP contribution is 2.43. The lowest BCUT2D eigenvalue weighted by molar-refractivity contribution is 0.877. The van der Waals surface area contributed by atoms with Crippen LogP contribution in [-0.4, -0.2) is 4.98 Å². The molecule has 2 aromatic carbocycles. The second-order valence-electron chi connectivity index (χ2n) is 6.55. The number of aryl methyl sites for hydroxylation is 5. The van der Waals surface area contributed by atoms with E-state index in [2.05, 4.69) is 35.3 Å². The normalized spacial score (nSPS) is 17.0. The van der Waals surface area contributed by atoms with Crippen molar-refractivity contribution >= 4 is 0 Å². The molecular formula is C22H19N. The van der Waals surface area contributed by atoms with Crippen molar-refractivity contribution in [3.63, 3.8) is 0 Å². The maximum atomic E-state index is 7.66. The summed E-state index contributed by atoms with van der Waals surface area (Å²) in [5, 5.41) is 0. The molecule has 5 rings (SSSR count). The molecule has 1 nitrogen and oxygen atoms in total. The molecule has 0 aliphatic heterocycles. The molecular weight excluding hydrogens is 278 g/mol. The Kier molecular flexibility index (Phi) is 2.16. The van der Waals surface area contributed by atoms with Gasteiger partial charge in [0.2, 0.25) is 0 Å². The zero-order chi connectivity index (χ0) is 17.9. The Morgan fingerprint density at radius 1 is 0.826 bits per heavy atom. The van der Waals surface area contributed by atoms with Crippen LogP contribution in [0.25, 0.3) is 22.4 Å². The summed E-state index contributed by atoms with van der Waals surface area (Å²) in [6.45, 7) is -2.10. The second-order valence-corrected chi connectivity index (χ2v) is 6.55. The van der Waals surface area contributed by atoms with Gasteiger partial charge < -0.3 is 0 Å². The molecule has 0 unspecified atom stereocenters. The van der Waals surface area contributed by atoms with Crippen molar-refractivity contribution in [3.05, 3.63) is 76.5 Å². The lowest BCUT2D eigenvalue weighted by atomic mass is 9.75. The van der Waals surface area contributed by atoms with Gasteiger partial charge in [0.25, 0.3) is 0 Å². The molecule has 3 aromatic rings. The van der Waals surface area contributed by atoms with E-state index in [1.807, 2.05) is 0 Å². The molecule has 0 saturated heterocycles. The van der Waals surface area contributed by atoms with E-state index < -0.39 is 6.85 Å². The van der Waals surface area contributed by atoms with Crippen molar-refractivity contribution in [2.45, 2.75) is 32.5 Å². The van der Waals surface area contributed by atoms with E-state index in [9.17, 15) is 0 Å². The van der Waals surface area contributed by atoms with Crippen LogP contribution in [0.15, 0.2) is 48.7 Å². The van der Waals surface area contributed by atoms with E-state index in [0.717, 1.165) is 36.9 Å². The largest absolute Gasteiger partial charge is 0.256 e. The highest BCUT2D eigenvalue weighted by molar-refractivity contribution is 5.83. The number of pyridine rings is 1. The first-order chi connectivity index (χ1) is 12.5. The van der Waals surface area contributed by atoms with Crippen LogP contribution >= 0.6 is 0 Å². The summed E-state index contributed by atoms with van der Waals surface area (Å²) in [4.78, 5) is 4.46. The number of benzene rings is 2. The molecule has 2 aliphatic carbocycles. The lowest BCUT2D eigenvalue weighted by Crippen LogP contribution is -2.14. The molecule has 0 radical (unpaired) electrons. The van der Waals surface area contributed by atoms with Crippen LogP contribution < -0.4 is 0 Å². The molecule has 23 heavy (non-hydrogen) atoms. The zero-order valence-corrected chi connectivity index (χ0v) is 12.9. The molecule has 0 spiro atoms. The maximum Gasteiger partial charge on any atom is 0.0704 e. The summed E-state index contributed by atoms with van der Waals surface area (Å²) < 4.78 is 23.0. The first-order valence-electron chi connectivity index (χ1n) is 9.74. The van der Waals surface area contributed by atoms with Crippen molar-refractivity contribution in [3.8, 4) is 22.4 Å². The quantitative estimate of drug-likeness (QED) is 0.621. The van der Waals surface area contributed by atoms with Crippen LogP contribution in [0.4, 0.5) is 0 Å². The minimum absolute atomic E-state index is 0.349. The van der Waals surface area contributed by atoms with Gasteiger partial charge in [-0.05, 0) is 95.7 Å². The lowest BCUT2D eigenvalue weighted by Gasteiger charge is -2.29. The molecule has 0 bridgehead atoms. The Balaban J connectivity index is 1.68. The predicted molar refractivity (Wildman–Crippen MR) is 94.7 cm³/mol. The monoisotopic (exact) mass is 300 g/mol. The Morgan fingerprint density at radius 3 is 2.17 bits per heavy atom. The van der Waals surface area contributed by atoms with Crippen molar-refractivity contribution < 1.29 is 4.11 Å². The standard InChI is InChI=1S/C22H19N/c1-14-9-10-23-20(11-14)19-12-17-7-5-15-3-2-4-16-6-8-18(13-19)22(17)21(15)16/h2-4,9-13H,5-8H2,1H3/i1D3. The van der Waals surface area contributed by atoms with Gasteiger partial charge in [0.05, 0.1) is 5.69 Å². The first kappa shape index (κ1) is 10.4. The maximum absolute atomic E-state index is 7.66. The molecule has 1 heterocycles. The summed E-state index contributed by atoms with van der Waals surface area (Å²) in [7, 11) is 0. The van der Waals surface area contributed by atoms with Crippen molar-refractivity contribution in [1.29, 1.82) is 0 Å². The summed E-state index contributed by atoms with van der Waals surface area (Å²) in [5.74, 6) is 0. The number of hydrogen-bond donors (Lipinski definition) is 0. The number of aromatic nitrogens is 1. The van der Waals surface area contributed by atoms with E-state index in [1.165, 1.54) is 33.4 Å². The third-order valence-corrected chi connectivity index (χ3v) is 5.17. The van der Waals surface area contributed by atoms with E-state index in [-0.39, 0.29) is 0 Å². The van der Waals surface area contributed by atoms with Crippen molar-refractivity contribution in [1.82, 2.24) is 4.98 Å². The fraction of sp³-hybridized carbons (Fsp3) is 0.227. The molecule has 0 atom stereocenters. The van der Waals surface area contributed by atoms with Crippen LogP contribution in [0.1, 0.15) is 31.9 Å². The predicted octanol–water partition coefficient (Wildman–Crippen LogP) is 4.92. The van der Waals surface area contributed by atoms with Crippen molar-refractivity contribution in [2.75, 3.05) is 0 Å². The van der Waals surface area contributed by atoms with Gasteiger partial charge in [-0.15, -0.1) is 0 Å². The molecule has 0 fully saturated rings. The Bertz CT molecular complexity index is 987. The molecule has 1 heteroatoms. The van der Waals surface area contributed by atoms with Crippen LogP contribution in [0.3, 0.4) is 0 Å². The number of rotatable bonds is 1. The van der Waals surface area contributed by atoms with E-state index in [4.69, 9.17) is 4.11 Å². The summed E-state index contributed by atoms with van der Waals surface area (Å²) >= 11 is 0. The van der Waals surface area contributed by atoms with Crippen LogP contribution in [0.2, 0.25) is 0 Å². The molecule has 0 amide bonds. The second kappa shape index (κ2) is 4.79. The van der Waals surface area contributed by atoms with E-state index in [0.29, 0.717) is 5.56 Å². The molecule has 0 saturated carbocycles. The number of hydrogen-bond acceptors (Lipinski definition) is 1. The SMILES string of the molecule is [2H]C([2H])([2H])c1ccnc(-c2cc3c4c(c2)CCc2cccc(c2-4)CC3)c1. The molecule has 1 aromatic heterocycles. The van der Waals surface area contributed by atoms with Crippen LogP contribution in [-0.2, 0) is 25.7 Å². The van der Waals surface area contributed by atoms with Crippen LogP contribution in [0.5, 0.6) is 0 Å². The fourth-order valence-corrected chi connectivity index (χ4v) is 4.15. The number of nitrogens with zero attached hydrogens (tertiary/aromatic N) is 1. The van der Waals surface area contributed by atoms with Gasteiger partial charge in [0.15, 0.2) is 0 Å². The van der Waals surface area contributed by atoms with Gasteiger partial charge in [-0.2, -0.15) is 0 Å². The average Bonchev–Trinajstić information content (AvgIpc) is 2.65. The Hall–Kier alpha value is -2.41. The van der Waals surface area contributed by atoms with Gasteiger partial charge in [-0.25, -0.2) is 0 Å². The third kappa shape index (κ3) is 1.96.